The van der Waals surface area contributed by atoms with Crippen LogP contribution in [0.15, 0.2) is 164 Å². The van der Waals surface area contributed by atoms with Crippen molar-refractivity contribution in [3.63, 3.8) is 0 Å². The van der Waals surface area contributed by atoms with Gasteiger partial charge in [-0.05, 0) is 35.4 Å². The van der Waals surface area contributed by atoms with Crippen molar-refractivity contribution in [3.8, 4) is 67.8 Å². The van der Waals surface area contributed by atoms with Crippen LogP contribution >= 0.6 is 11.3 Å². The van der Waals surface area contributed by atoms with Crippen LogP contribution < -0.4 is 0 Å². The quantitative estimate of drug-likeness (QED) is 0.180. The Morgan fingerprint density at radius 2 is 0.837 bits per heavy atom. The molecule has 0 amide bonds. The van der Waals surface area contributed by atoms with Crippen molar-refractivity contribution in [2.75, 3.05) is 0 Å². The third-order valence-electron chi connectivity index (χ3n) is 8.69. The van der Waals surface area contributed by atoms with Crippen LogP contribution in [-0.2, 0) is 0 Å². The van der Waals surface area contributed by atoms with E-state index in [0.717, 1.165) is 55.7 Å². The zero-order chi connectivity index (χ0) is 32.6. The van der Waals surface area contributed by atoms with Gasteiger partial charge in [-0.25, -0.2) is 15.0 Å². The highest BCUT2D eigenvalue weighted by Gasteiger charge is 2.21. The van der Waals surface area contributed by atoms with Crippen LogP contribution in [0.1, 0.15) is 0 Å². The van der Waals surface area contributed by atoms with Gasteiger partial charge in [-0.3, -0.25) is 0 Å². The average molecular weight is 646 g/mol. The van der Waals surface area contributed by atoms with Crippen molar-refractivity contribution < 1.29 is 0 Å². The minimum Gasteiger partial charge on any atom is -0.208 e. The van der Waals surface area contributed by atoms with Crippen molar-refractivity contribution >= 4 is 31.5 Å². The number of hydrogen-bond acceptors (Lipinski definition) is 6. The standard InChI is InChI=1S/C43H27N5S/c1-4-12-29(13-5-1)35-25-26-36(48-47-35)30-22-20-28(21-23-30)33-24-27-38-39(34-18-10-11-19-37(34)49-38)40(33)43-45-41(31-14-6-2-7-15-31)44-42(46-43)32-16-8-3-9-17-32/h1-27H. The number of nitrogens with zero attached hydrogens (tertiary/aromatic N) is 5. The maximum absolute atomic E-state index is 5.18. The highest BCUT2D eigenvalue weighted by molar-refractivity contribution is 7.26. The van der Waals surface area contributed by atoms with E-state index in [1.807, 2.05) is 103 Å². The van der Waals surface area contributed by atoms with Crippen LogP contribution in [0.2, 0.25) is 0 Å². The third-order valence-corrected chi connectivity index (χ3v) is 9.83. The molecular weight excluding hydrogens is 619 g/mol. The molecule has 9 rings (SSSR count). The molecule has 0 spiro atoms. The van der Waals surface area contributed by atoms with Crippen molar-refractivity contribution in [2.24, 2.45) is 0 Å². The maximum atomic E-state index is 5.18. The first-order valence-electron chi connectivity index (χ1n) is 16.1. The highest BCUT2D eigenvalue weighted by atomic mass is 32.1. The van der Waals surface area contributed by atoms with Gasteiger partial charge in [0.15, 0.2) is 17.5 Å². The smallest absolute Gasteiger partial charge is 0.165 e. The largest absolute Gasteiger partial charge is 0.208 e. The molecule has 230 valence electrons. The van der Waals surface area contributed by atoms with Crippen LogP contribution in [0.3, 0.4) is 0 Å². The number of rotatable bonds is 6. The van der Waals surface area contributed by atoms with Gasteiger partial charge in [-0.15, -0.1) is 21.5 Å². The summed E-state index contributed by atoms with van der Waals surface area (Å²) in [7, 11) is 0. The molecule has 5 nitrogen and oxygen atoms in total. The van der Waals surface area contributed by atoms with Gasteiger partial charge < -0.3 is 0 Å². The predicted octanol–water partition coefficient (Wildman–Crippen LogP) is 11.0. The molecule has 0 N–H and O–H groups in total. The summed E-state index contributed by atoms with van der Waals surface area (Å²) in [5.41, 5.74) is 8.71. The summed E-state index contributed by atoms with van der Waals surface area (Å²) >= 11 is 1.79. The molecule has 49 heavy (non-hydrogen) atoms. The fraction of sp³-hybridized carbons (Fsp3) is 0. The predicted molar refractivity (Wildman–Crippen MR) is 201 cm³/mol. The molecule has 0 aliphatic rings. The van der Waals surface area contributed by atoms with Crippen molar-refractivity contribution in [1.29, 1.82) is 0 Å². The molecule has 9 aromatic rings. The summed E-state index contributed by atoms with van der Waals surface area (Å²) in [6.07, 6.45) is 0. The second-order valence-electron chi connectivity index (χ2n) is 11.7. The molecule has 6 aromatic carbocycles. The fourth-order valence-corrected chi connectivity index (χ4v) is 7.39. The lowest BCUT2D eigenvalue weighted by atomic mass is 9.93. The Balaban J connectivity index is 1.22. The van der Waals surface area contributed by atoms with Crippen LogP contribution in [0.5, 0.6) is 0 Å². The van der Waals surface area contributed by atoms with Gasteiger partial charge in [0.25, 0.3) is 0 Å². The Hall–Kier alpha value is -6.37. The zero-order valence-corrected chi connectivity index (χ0v) is 27.0. The van der Waals surface area contributed by atoms with Crippen molar-refractivity contribution in [3.05, 3.63) is 164 Å². The maximum Gasteiger partial charge on any atom is 0.165 e. The van der Waals surface area contributed by atoms with E-state index in [1.165, 1.54) is 14.8 Å². The van der Waals surface area contributed by atoms with E-state index in [9.17, 15) is 0 Å². The van der Waals surface area contributed by atoms with E-state index in [4.69, 9.17) is 15.0 Å². The topological polar surface area (TPSA) is 64.5 Å². The van der Waals surface area contributed by atoms with Crippen LogP contribution in [0.4, 0.5) is 0 Å². The van der Waals surface area contributed by atoms with Crippen molar-refractivity contribution in [1.82, 2.24) is 25.1 Å². The highest BCUT2D eigenvalue weighted by Crippen LogP contribution is 2.44. The monoisotopic (exact) mass is 645 g/mol. The molecule has 0 bridgehead atoms. The summed E-state index contributed by atoms with van der Waals surface area (Å²) in [6, 6.07) is 55.9. The Morgan fingerprint density at radius 1 is 0.347 bits per heavy atom. The first kappa shape index (κ1) is 28.8. The van der Waals surface area contributed by atoms with E-state index >= 15 is 0 Å². The molecule has 0 unspecified atom stereocenters. The molecule has 0 aliphatic carbocycles. The van der Waals surface area contributed by atoms with Crippen LogP contribution in [-0.4, -0.2) is 25.1 Å². The normalized spacial score (nSPS) is 11.3. The SMILES string of the molecule is c1ccc(-c2ccc(-c3ccc(-c4ccc5sc6ccccc6c5c4-c4nc(-c5ccccc5)nc(-c5ccccc5)n4)cc3)nn2)cc1. The number of thiophene rings is 1. The van der Waals surface area contributed by atoms with Gasteiger partial charge in [0.1, 0.15) is 0 Å². The fourth-order valence-electron chi connectivity index (χ4n) is 6.28. The second kappa shape index (κ2) is 12.3. The summed E-state index contributed by atoms with van der Waals surface area (Å²) in [5.74, 6) is 1.92. The summed E-state index contributed by atoms with van der Waals surface area (Å²) in [5, 5.41) is 11.4. The molecular formula is C43H27N5S. The number of benzene rings is 6. The van der Waals surface area contributed by atoms with E-state index in [2.05, 4.69) is 70.9 Å². The second-order valence-corrected chi connectivity index (χ2v) is 12.8. The molecule has 0 aliphatic heterocycles. The Morgan fingerprint density at radius 3 is 1.43 bits per heavy atom. The van der Waals surface area contributed by atoms with Crippen molar-refractivity contribution in [2.45, 2.75) is 0 Å². The Bertz CT molecular complexity index is 2510. The summed E-state index contributed by atoms with van der Waals surface area (Å²) in [6.45, 7) is 0. The molecule has 0 radical (unpaired) electrons. The molecule has 3 heterocycles. The molecule has 6 heteroatoms. The van der Waals surface area contributed by atoms with E-state index in [0.29, 0.717) is 17.5 Å². The summed E-state index contributed by atoms with van der Waals surface area (Å²) < 4.78 is 2.41. The summed E-state index contributed by atoms with van der Waals surface area (Å²) in [4.78, 5) is 15.3. The Labute approximate surface area is 287 Å². The number of aromatic nitrogens is 5. The lowest BCUT2D eigenvalue weighted by Crippen LogP contribution is -2.01. The molecule has 0 saturated heterocycles. The van der Waals surface area contributed by atoms with E-state index < -0.39 is 0 Å². The molecule has 0 fully saturated rings. The van der Waals surface area contributed by atoms with Gasteiger partial charge in [0, 0.05) is 48.0 Å². The number of hydrogen-bond donors (Lipinski definition) is 0. The Kier molecular flexibility index (Phi) is 7.26. The average Bonchev–Trinajstić information content (AvgIpc) is 3.57. The molecule has 3 aromatic heterocycles. The zero-order valence-electron chi connectivity index (χ0n) is 26.2. The number of fused-ring (bicyclic) bond motifs is 3. The van der Waals surface area contributed by atoms with Crippen LogP contribution in [0.25, 0.3) is 88.0 Å². The first-order chi connectivity index (χ1) is 24.3. The molecule has 0 atom stereocenters. The van der Waals surface area contributed by atoms with Gasteiger partial charge in [-0.2, -0.15) is 0 Å². The lowest BCUT2D eigenvalue weighted by Gasteiger charge is -2.14. The minimum absolute atomic E-state index is 0.639. The minimum atomic E-state index is 0.639. The van der Waals surface area contributed by atoms with Gasteiger partial charge in [0.05, 0.1) is 11.4 Å². The van der Waals surface area contributed by atoms with E-state index in [1.54, 1.807) is 11.3 Å². The lowest BCUT2D eigenvalue weighted by molar-refractivity contribution is 1.04. The van der Waals surface area contributed by atoms with Gasteiger partial charge in [-0.1, -0.05) is 140 Å². The van der Waals surface area contributed by atoms with Gasteiger partial charge >= 0.3 is 0 Å². The van der Waals surface area contributed by atoms with E-state index in [-0.39, 0.29) is 0 Å². The third kappa shape index (κ3) is 5.44. The first-order valence-corrected chi connectivity index (χ1v) is 16.9. The van der Waals surface area contributed by atoms with Gasteiger partial charge in [0.2, 0.25) is 0 Å². The van der Waals surface area contributed by atoms with Crippen LogP contribution in [0, 0.1) is 0 Å². The molecule has 0 saturated carbocycles.